The number of aryl methyl sites for hydroxylation is 1. The fourth-order valence-electron chi connectivity index (χ4n) is 2.29. The monoisotopic (exact) mass is 329 g/mol. The summed E-state index contributed by atoms with van der Waals surface area (Å²) in [5.74, 6) is -0.510. The van der Waals surface area contributed by atoms with Crippen molar-refractivity contribution in [3.63, 3.8) is 0 Å². The van der Waals surface area contributed by atoms with Crippen LogP contribution in [0.5, 0.6) is 0 Å². The molecule has 2 atom stereocenters. The van der Waals surface area contributed by atoms with Gasteiger partial charge in [0, 0.05) is 18.3 Å². The summed E-state index contributed by atoms with van der Waals surface area (Å²) in [6.07, 6.45) is 0.154. The van der Waals surface area contributed by atoms with Gasteiger partial charge in [0.05, 0.1) is 11.8 Å². The number of rotatable bonds is 6. The molecule has 0 bridgehead atoms. The summed E-state index contributed by atoms with van der Waals surface area (Å²) in [6, 6.07) is 10.7. The van der Waals surface area contributed by atoms with Crippen molar-refractivity contribution >= 4 is 5.91 Å². The predicted octanol–water partition coefficient (Wildman–Crippen LogP) is 1.68. The Morgan fingerprint density at radius 2 is 2.00 bits per heavy atom. The lowest BCUT2D eigenvalue weighted by Crippen LogP contribution is -2.38. The second kappa shape index (κ2) is 7.88. The number of para-hydroxylation sites is 1. The van der Waals surface area contributed by atoms with Gasteiger partial charge in [-0.1, -0.05) is 38.5 Å². The van der Waals surface area contributed by atoms with Crippen molar-refractivity contribution in [1.29, 1.82) is 0 Å². The number of hydrogen-bond acceptors (Lipinski definition) is 4. The van der Waals surface area contributed by atoms with Crippen LogP contribution < -0.4 is 10.7 Å². The minimum Gasteiger partial charge on any atom is -0.391 e. The smallest absolute Gasteiger partial charge is 0.275 e. The zero-order valence-corrected chi connectivity index (χ0v) is 14.2. The number of benzene rings is 1. The lowest BCUT2D eigenvalue weighted by molar-refractivity contribution is 0.0843. The van der Waals surface area contributed by atoms with Crippen LogP contribution in [-0.2, 0) is 0 Å². The van der Waals surface area contributed by atoms with E-state index >= 15 is 0 Å². The van der Waals surface area contributed by atoms with E-state index in [1.54, 1.807) is 11.6 Å². The molecule has 0 aliphatic heterocycles. The van der Waals surface area contributed by atoms with Crippen LogP contribution in [0.4, 0.5) is 0 Å². The number of nitrogens with zero attached hydrogens (tertiary/aromatic N) is 2. The summed E-state index contributed by atoms with van der Waals surface area (Å²) in [5.41, 5.74) is 0.794. The highest BCUT2D eigenvalue weighted by atomic mass is 16.3. The van der Waals surface area contributed by atoms with E-state index in [1.807, 2.05) is 44.2 Å². The maximum atomic E-state index is 12.3. The second-order valence-electron chi connectivity index (χ2n) is 5.91. The molecular weight excluding hydrogens is 306 g/mol. The van der Waals surface area contributed by atoms with Crippen LogP contribution in [0, 0.1) is 12.8 Å². The molecule has 0 saturated carbocycles. The zero-order chi connectivity index (χ0) is 17.7. The third-order valence-corrected chi connectivity index (χ3v) is 4.10. The molecule has 2 N–H and O–H groups in total. The second-order valence-corrected chi connectivity index (χ2v) is 5.91. The molecule has 24 heavy (non-hydrogen) atoms. The standard InChI is InChI=1S/C18H23N3O3/c1-4-12(2)16(23)11-19-18(24)17-15(22)10-13(3)21(20-17)14-8-6-5-7-9-14/h5-10,12,16,23H,4,11H2,1-3H3,(H,19,24). The van der Waals surface area contributed by atoms with Crippen molar-refractivity contribution in [3.8, 4) is 5.69 Å². The van der Waals surface area contributed by atoms with Gasteiger partial charge in [-0.25, -0.2) is 4.68 Å². The number of carbonyl (C=O) groups excluding carboxylic acids is 1. The predicted molar refractivity (Wildman–Crippen MR) is 92.4 cm³/mol. The molecule has 1 heterocycles. The van der Waals surface area contributed by atoms with E-state index in [0.717, 1.165) is 12.1 Å². The molecule has 2 unspecified atom stereocenters. The van der Waals surface area contributed by atoms with Gasteiger partial charge in [0.1, 0.15) is 0 Å². The number of carbonyl (C=O) groups is 1. The highest BCUT2D eigenvalue weighted by molar-refractivity contribution is 5.92. The van der Waals surface area contributed by atoms with Gasteiger partial charge in [0.15, 0.2) is 5.69 Å². The molecule has 2 rings (SSSR count). The van der Waals surface area contributed by atoms with Gasteiger partial charge in [-0.2, -0.15) is 5.10 Å². The van der Waals surface area contributed by atoms with Crippen molar-refractivity contribution in [2.45, 2.75) is 33.3 Å². The molecule has 0 spiro atoms. The van der Waals surface area contributed by atoms with Crippen molar-refractivity contribution in [3.05, 3.63) is 58.0 Å². The third-order valence-electron chi connectivity index (χ3n) is 4.10. The van der Waals surface area contributed by atoms with E-state index < -0.39 is 17.4 Å². The van der Waals surface area contributed by atoms with Gasteiger partial charge in [-0.05, 0) is 25.0 Å². The Hall–Kier alpha value is -2.47. The molecule has 6 heteroatoms. The third kappa shape index (κ3) is 4.08. The quantitative estimate of drug-likeness (QED) is 0.844. The lowest BCUT2D eigenvalue weighted by Gasteiger charge is -2.17. The Morgan fingerprint density at radius 1 is 1.33 bits per heavy atom. The molecule has 0 radical (unpaired) electrons. The number of amides is 1. The highest BCUT2D eigenvalue weighted by Gasteiger charge is 2.18. The zero-order valence-electron chi connectivity index (χ0n) is 14.2. The normalized spacial score (nSPS) is 13.3. The first kappa shape index (κ1) is 17.9. The van der Waals surface area contributed by atoms with Crippen molar-refractivity contribution in [2.24, 2.45) is 5.92 Å². The van der Waals surface area contributed by atoms with Crippen LogP contribution in [0.1, 0.15) is 36.5 Å². The minimum absolute atomic E-state index is 0.0669. The number of aromatic nitrogens is 2. The average molecular weight is 329 g/mol. The first-order valence-electron chi connectivity index (χ1n) is 8.06. The molecule has 0 aliphatic carbocycles. The topological polar surface area (TPSA) is 84.2 Å². The van der Waals surface area contributed by atoms with Crippen molar-refractivity contribution < 1.29 is 9.90 Å². The van der Waals surface area contributed by atoms with Crippen LogP contribution in [-0.4, -0.2) is 33.4 Å². The van der Waals surface area contributed by atoms with E-state index in [0.29, 0.717) is 5.69 Å². The number of hydrogen-bond donors (Lipinski definition) is 2. The Labute approximate surface area is 141 Å². The maximum Gasteiger partial charge on any atom is 0.275 e. The summed E-state index contributed by atoms with van der Waals surface area (Å²) in [5, 5.41) is 16.7. The van der Waals surface area contributed by atoms with E-state index in [4.69, 9.17) is 0 Å². The van der Waals surface area contributed by atoms with Gasteiger partial charge in [0.2, 0.25) is 5.43 Å². The highest BCUT2D eigenvalue weighted by Crippen LogP contribution is 2.08. The largest absolute Gasteiger partial charge is 0.391 e. The summed E-state index contributed by atoms with van der Waals surface area (Å²) >= 11 is 0. The van der Waals surface area contributed by atoms with Crippen molar-refractivity contribution in [2.75, 3.05) is 6.54 Å². The number of nitrogens with one attached hydrogen (secondary N) is 1. The van der Waals surface area contributed by atoms with Crippen molar-refractivity contribution in [1.82, 2.24) is 15.1 Å². The van der Waals surface area contributed by atoms with Gasteiger partial charge in [-0.15, -0.1) is 0 Å². The van der Waals surface area contributed by atoms with Crippen LogP contribution >= 0.6 is 0 Å². The molecule has 1 aromatic carbocycles. The molecule has 2 aromatic rings. The molecule has 0 saturated heterocycles. The van der Waals surface area contributed by atoms with Crippen LogP contribution in [0.15, 0.2) is 41.2 Å². The van der Waals surface area contributed by atoms with E-state index in [1.165, 1.54) is 6.07 Å². The summed E-state index contributed by atoms with van der Waals surface area (Å²) in [7, 11) is 0. The molecule has 1 aromatic heterocycles. The molecule has 128 valence electrons. The summed E-state index contributed by atoms with van der Waals surface area (Å²) < 4.78 is 1.56. The Kier molecular flexibility index (Phi) is 5.87. The summed E-state index contributed by atoms with van der Waals surface area (Å²) in [4.78, 5) is 24.4. The Bertz CT molecular complexity index is 756. The first-order chi connectivity index (χ1) is 11.4. The van der Waals surface area contributed by atoms with Crippen LogP contribution in [0.3, 0.4) is 0 Å². The maximum absolute atomic E-state index is 12.3. The Morgan fingerprint density at radius 3 is 2.62 bits per heavy atom. The van der Waals surface area contributed by atoms with Gasteiger partial charge < -0.3 is 10.4 Å². The van der Waals surface area contributed by atoms with E-state index in [-0.39, 0.29) is 18.2 Å². The number of aliphatic hydroxyl groups excluding tert-OH is 1. The minimum atomic E-state index is -0.652. The summed E-state index contributed by atoms with van der Waals surface area (Å²) in [6.45, 7) is 5.73. The molecular formula is C18H23N3O3. The molecule has 1 amide bonds. The fourth-order valence-corrected chi connectivity index (χ4v) is 2.29. The fraction of sp³-hybridized carbons (Fsp3) is 0.389. The average Bonchev–Trinajstić information content (AvgIpc) is 2.59. The molecule has 0 fully saturated rings. The van der Waals surface area contributed by atoms with Gasteiger partial charge >= 0.3 is 0 Å². The SMILES string of the molecule is CCC(C)C(O)CNC(=O)c1nn(-c2ccccc2)c(C)cc1=O. The first-order valence-corrected chi connectivity index (χ1v) is 8.06. The van der Waals surface area contributed by atoms with Gasteiger partial charge in [0.25, 0.3) is 5.91 Å². The molecule has 0 aliphatic rings. The van der Waals surface area contributed by atoms with Crippen LogP contribution in [0.25, 0.3) is 5.69 Å². The van der Waals surface area contributed by atoms with Gasteiger partial charge in [-0.3, -0.25) is 9.59 Å². The van der Waals surface area contributed by atoms with E-state index in [9.17, 15) is 14.7 Å². The lowest BCUT2D eigenvalue weighted by atomic mass is 10.0. The number of aliphatic hydroxyl groups is 1. The van der Waals surface area contributed by atoms with E-state index in [2.05, 4.69) is 10.4 Å². The van der Waals surface area contributed by atoms with Crippen LogP contribution in [0.2, 0.25) is 0 Å². The molecule has 6 nitrogen and oxygen atoms in total. The Balaban J connectivity index is 2.24.